The zero-order chi connectivity index (χ0) is 12.6. The van der Waals surface area contributed by atoms with Gasteiger partial charge < -0.3 is 0 Å². The fourth-order valence-corrected chi connectivity index (χ4v) is 4.20. The number of hydrogen-bond acceptors (Lipinski definition) is 5. The van der Waals surface area contributed by atoms with Gasteiger partial charge in [-0.3, -0.25) is 4.98 Å². The first-order chi connectivity index (χ1) is 8.65. The van der Waals surface area contributed by atoms with Gasteiger partial charge in [0.1, 0.15) is 10.8 Å². The molecule has 0 unspecified atom stereocenters. The molecule has 0 amide bonds. The van der Waals surface area contributed by atoms with Crippen molar-refractivity contribution in [3.8, 4) is 0 Å². The fraction of sp³-hybridized carbons (Fsp3) is 0.333. The molecule has 0 bridgehead atoms. The first-order valence-electron chi connectivity index (χ1n) is 5.72. The minimum Gasteiger partial charge on any atom is -0.263 e. The van der Waals surface area contributed by atoms with Crippen LogP contribution in [-0.4, -0.2) is 18.4 Å². The molecular weight excluding hydrogens is 268 g/mol. The van der Waals surface area contributed by atoms with Crippen LogP contribution < -0.4 is 0 Å². The number of aromatic nitrogens is 2. The van der Waals surface area contributed by atoms with E-state index in [9.17, 15) is 8.42 Å². The SMILES string of the molecule is O=S(=O)(Cc1nc(C2CC2)cs1)c1cccnc1. The van der Waals surface area contributed by atoms with Crippen molar-refractivity contribution in [1.29, 1.82) is 0 Å². The molecule has 0 N–H and O–H groups in total. The smallest absolute Gasteiger partial charge is 0.186 e. The second-order valence-corrected chi connectivity index (χ2v) is 7.32. The minimum atomic E-state index is -3.32. The maximum atomic E-state index is 12.1. The second kappa shape index (κ2) is 4.44. The Morgan fingerprint density at radius 2 is 2.22 bits per heavy atom. The van der Waals surface area contributed by atoms with Gasteiger partial charge in [-0.25, -0.2) is 13.4 Å². The summed E-state index contributed by atoms with van der Waals surface area (Å²) in [5, 5.41) is 2.65. The molecule has 6 heteroatoms. The minimum absolute atomic E-state index is 0.0317. The Kier molecular flexibility index (Phi) is 2.91. The van der Waals surface area contributed by atoms with Crippen molar-refractivity contribution in [2.75, 3.05) is 0 Å². The fourth-order valence-electron chi connectivity index (χ4n) is 1.73. The lowest BCUT2D eigenvalue weighted by Crippen LogP contribution is -2.05. The molecule has 1 aliphatic rings. The third-order valence-corrected chi connectivity index (χ3v) is 5.54. The standard InChI is InChI=1S/C12H12N2O2S2/c15-18(16,10-2-1-5-13-6-10)8-12-14-11(7-17-12)9-3-4-9/h1-2,5-7,9H,3-4,8H2. The van der Waals surface area contributed by atoms with Gasteiger partial charge in [-0.05, 0) is 25.0 Å². The van der Waals surface area contributed by atoms with Crippen LogP contribution in [0.3, 0.4) is 0 Å². The van der Waals surface area contributed by atoms with Gasteiger partial charge in [0.2, 0.25) is 0 Å². The van der Waals surface area contributed by atoms with E-state index in [0.29, 0.717) is 10.9 Å². The Balaban J connectivity index is 1.82. The molecular formula is C12H12N2O2S2. The van der Waals surface area contributed by atoms with E-state index >= 15 is 0 Å². The van der Waals surface area contributed by atoms with E-state index in [1.165, 1.54) is 30.4 Å². The van der Waals surface area contributed by atoms with Crippen molar-refractivity contribution >= 4 is 21.2 Å². The van der Waals surface area contributed by atoms with Crippen LogP contribution in [0.2, 0.25) is 0 Å². The molecule has 0 saturated heterocycles. The topological polar surface area (TPSA) is 59.9 Å². The molecule has 18 heavy (non-hydrogen) atoms. The second-order valence-electron chi connectivity index (χ2n) is 4.39. The molecule has 2 aromatic rings. The van der Waals surface area contributed by atoms with E-state index < -0.39 is 9.84 Å². The summed E-state index contributed by atoms with van der Waals surface area (Å²) in [7, 11) is -3.32. The van der Waals surface area contributed by atoms with Gasteiger partial charge in [0.25, 0.3) is 0 Å². The molecule has 0 spiro atoms. The number of rotatable bonds is 4. The highest BCUT2D eigenvalue weighted by atomic mass is 32.2. The average molecular weight is 280 g/mol. The maximum Gasteiger partial charge on any atom is 0.186 e. The third-order valence-electron chi connectivity index (χ3n) is 2.87. The summed E-state index contributed by atoms with van der Waals surface area (Å²) < 4.78 is 24.2. The molecule has 2 aromatic heterocycles. The maximum absolute atomic E-state index is 12.1. The largest absolute Gasteiger partial charge is 0.263 e. The molecule has 1 aliphatic carbocycles. The van der Waals surface area contributed by atoms with Gasteiger partial charge in [-0.2, -0.15) is 0 Å². The van der Waals surface area contributed by atoms with Crippen LogP contribution in [0.5, 0.6) is 0 Å². The summed E-state index contributed by atoms with van der Waals surface area (Å²) in [6.45, 7) is 0. The molecule has 3 rings (SSSR count). The zero-order valence-corrected chi connectivity index (χ0v) is 11.2. The highest BCUT2D eigenvalue weighted by Crippen LogP contribution is 2.40. The molecule has 2 heterocycles. The van der Waals surface area contributed by atoms with Crippen LogP contribution >= 0.6 is 11.3 Å². The van der Waals surface area contributed by atoms with E-state index in [1.54, 1.807) is 18.3 Å². The Morgan fingerprint density at radius 3 is 2.89 bits per heavy atom. The first-order valence-corrected chi connectivity index (χ1v) is 8.25. The van der Waals surface area contributed by atoms with Crippen molar-refractivity contribution < 1.29 is 8.42 Å². The Hall–Kier alpha value is -1.27. The molecule has 0 radical (unpaired) electrons. The van der Waals surface area contributed by atoms with Crippen LogP contribution in [0, 0.1) is 0 Å². The lowest BCUT2D eigenvalue weighted by Gasteiger charge is -2.00. The molecule has 94 valence electrons. The molecule has 0 aliphatic heterocycles. The highest BCUT2D eigenvalue weighted by molar-refractivity contribution is 7.90. The zero-order valence-electron chi connectivity index (χ0n) is 9.61. The van der Waals surface area contributed by atoms with Crippen LogP contribution in [0.4, 0.5) is 0 Å². The van der Waals surface area contributed by atoms with Gasteiger partial charge in [0, 0.05) is 23.7 Å². The van der Waals surface area contributed by atoms with Crippen LogP contribution in [0.1, 0.15) is 29.5 Å². The van der Waals surface area contributed by atoms with Crippen molar-refractivity contribution in [3.63, 3.8) is 0 Å². The molecule has 4 nitrogen and oxygen atoms in total. The van der Waals surface area contributed by atoms with Crippen molar-refractivity contribution in [3.05, 3.63) is 40.6 Å². The number of thiazole rings is 1. The highest BCUT2D eigenvalue weighted by Gasteiger charge is 2.27. The summed E-state index contributed by atoms with van der Waals surface area (Å²) in [5.41, 5.74) is 1.05. The predicted molar refractivity (Wildman–Crippen MR) is 69.2 cm³/mol. The third kappa shape index (κ3) is 2.44. The van der Waals surface area contributed by atoms with E-state index in [4.69, 9.17) is 0 Å². The summed E-state index contributed by atoms with van der Waals surface area (Å²) in [4.78, 5) is 8.50. The molecule has 1 fully saturated rings. The summed E-state index contributed by atoms with van der Waals surface area (Å²) in [5.74, 6) is 0.534. The van der Waals surface area contributed by atoms with E-state index in [1.807, 2.05) is 5.38 Å². The lowest BCUT2D eigenvalue weighted by molar-refractivity contribution is 0.594. The molecule has 0 aromatic carbocycles. The van der Waals surface area contributed by atoms with Gasteiger partial charge in [0.15, 0.2) is 9.84 Å². The molecule has 1 saturated carbocycles. The first kappa shape index (κ1) is 11.8. The van der Waals surface area contributed by atoms with Crippen LogP contribution in [0.25, 0.3) is 0 Å². The van der Waals surface area contributed by atoms with Gasteiger partial charge in [0.05, 0.1) is 10.6 Å². The van der Waals surface area contributed by atoms with E-state index in [0.717, 1.165) is 5.69 Å². The molecule has 0 atom stereocenters. The van der Waals surface area contributed by atoms with Crippen LogP contribution in [-0.2, 0) is 15.6 Å². The summed E-state index contributed by atoms with van der Waals surface area (Å²) in [6.07, 6.45) is 5.30. The van der Waals surface area contributed by atoms with Crippen molar-refractivity contribution in [1.82, 2.24) is 9.97 Å². The van der Waals surface area contributed by atoms with Crippen molar-refractivity contribution in [2.24, 2.45) is 0 Å². The normalized spacial score (nSPS) is 15.8. The lowest BCUT2D eigenvalue weighted by atomic mass is 10.3. The number of pyridine rings is 1. The summed E-state index contributed by atoms with van der Waals surface area (Å²) >= 11 is 1.43. The Bertz CT molecular complexity index is 646. The van der Waals surface area contributed by atoms with E-state index in [2.05, 4.69) is 9.97 Å². The Morgan fingerprint density at radius 1 is 1.39 bits per heavy atom. The van der Waals surface area contributed by atoms with Gasteiger partial charge in [-0.1, -0.05) is 0 Å². The number of hydrogen-bond donors (Lipinski definition) is 0. The van der Waals surface area contributed by atoms with Crippen LogP contribution in [0.15, 0.2) is 34.8 Å². The van der Waals surface area contributed by atoms with Gasteiger partial charge >= 0.3 is 0 Å². The quantitative estimate of drug-likeness (QED) is 0.862. The average Bonchev–Trinajstić information content (AvgIpc) is 3.12. The monoisotopic (exact) mass is 280 g/mol. The predicted octanol–water partition coefficient (Wildman–Crippen LogP) is 2.39. The van der Waals surface area contributed by atoms with Gasteiger partial charge in [-0.15, -0.1) is 11.3 Å². The van der Waals surface area contributed by atoms with Crippen molar-refractivity contribution in [2.45, 2.75) is 29.4 Å². The van der Waals surface area contributed by atoms with E-state index in [-0.39, 0.29) is 10.6 Å². The Labute approximate surface area is 110 Å². The number of nitrogens with zero attached hydrogens (tertiary/aromatic N) is 2. The number of sulfone groups is 1. The summed E-state index contributed by atoms with van der Waals surface area (Å²) in [6, 6.07) is 3.20.